The normalized spacial score (nSPS) is 10.4. The lowest BCUT2D eigenvalue weighted by Crippen LogP contribution is -2.17. The van der Waals surface area contributed by atoms with Crippen molar-refractivity contribution in [3.63, 3.8) is 0 Å². The molecule has 2 amide bonds. The smallest absolute Gasteiger partial charge is 0.336 e. The molecule has 8 nitrogen and oxygen atoms in total. The van der Waals surface area contributed by atoms with Crippen LogP contribution in [0.3, 0.4) is 0 Å². The molecule has 0 aliphatic carbocycles. The topological polar surface area (TPSA) is 133 Å². The van der Waals surface area contributed by atoms with E-state index in [-0.39, 0.29) is 22.8 Å². The van der Waals surface area contributed by atoms with E-state index in [1.807, 2.05) is 6.92 Å². The lowest BCUT2D eigenvalue weighted by Gasteiger charge is -2.11. The number of carboxylic acids is 2. The highest BCUT2D eigenvalue weighted by Gasteiger charge is 2.19. The van der Waals surface area contributed by atoms with Gasteiger partial charge in [0.2, 0.25) is 5.91 Å². The van der Waals surface area contributed by atoms with Crippen molar-refractivity contribution in [2.75, 3.05) is 16.4 Å². The Morgan fingerprint density at radius 3 is 2.32 bits per heavy atom. The number of carbonyl (C=O) groups excluding carboxylic acids is 2. The molecule has 0 bridgehead atoms. The maximum absolute atomic E-state index is 12.7. The van der Waals surface area contributed by atoms with Crippen molar-refractivity contribution in [2.45, 2.75) is 11.8 Å². The van der Waals surface area contributed by atoms with Crippen molar-refractivity contribution < 1.29 is 29.4 Å². The van der Waals surface area contributed by atoms with Crippen LogP contribution in [0.25, 0.3) is 0 Å². The molecule has 0 heterocycles. The first-order chi connectivity index (χ1) is 16.2. The Balaban J connectivity index is 1.67. The highest BCUT2D eigenvalue weighted by Crippen LogP contribution is 2.25. The SMILES string of the molecule is Cc1c(Cl)cccc1NC(=O)CSc1cccc(NC(=O)c2ccc(C(=O)O)cc2C(=O)O)c1. The maximum Gasteiger partial charge on any atom is 0.336 e. The molecule has 0 unspecified atom stereocenters. The van der Waals surface area contributed by atoms with Crippen molar-refractivity contribution >= 4 is 58.5 Å². The van der Waals surface area contributed by atoms with Crippen LogP contribution in [0.1, 0.15) is 36.6 Å². The summed E-state index contributed by atoms with van der Waals surface area (Å²) in [5.41, 5.74) is 0.952. The van der Waals surface area contributed by atoms with Gasteiger partial charge >= 0.3 is 11.9 Å². The van der Waals surface area contributed by atoms with Gasteiger partial charge in [0.25, 0.3) is 5.91 Å². The minimum absolute atomic E-state index is 0.114. The average molecular weight is 499 g/mol. The Morgan fingerprint density at radius 2 is 1.62 bits per heavy atom. The molecule has 4 N–H and O–H groups in total. The van der Waals surface area contributed by atoms with E-state index in [9.17, 15) is 24.3 Å². The molecule has 0 aromatic heterocycles. The van der Waals surface area contributed by atoms with E-state index in [4.69, 9.17) is 16.7 Å². The third kappa shape index (κ3) is 6.15. The Kier molecular flexibility index (Phi) is 7.93. The maximum atomic E-state index is 12.7. The number of anilines is 2. The molecule has 0 atom stereocenters. The molecular formula is C24H19ClN2O6S. The van der Waals surface area contributed by atoms with Crippen molar-refractivity contribution in [3.05, 3.63) is 87.9 Å². The van der Waals surface area contributed by atoms with Gasteiger partial charge in [-0.3, -0.25) is 9.59 Å². The molecule has 0 aliphatic rings. The first-order valence-electron chi connectivity index (χ1n) is 9.85. The number of aromatic carboxylic acids is 2. The Hall–Kier alpha value is -3.82. The zero-order chi connectivity index (χ0) is 24.8. The molecule has 34 heavy (non-hydrogen) atoms. The highest BCUT2D eigenvalue weighted by molar-refractivity contribution is 8.00. The van der Waals surface area contributed by atoms with Crippen LogP contribution < -0.4 is 10.6 Å². The second-order valence-corrected chi connectivity index (χ2v) is 8.56. The first kappa shape index (κ1) is 24.8. The van der Waals surface area contributed by atoms with E-state index >= 15 is 0 Å². The van der Waals surface area contributed by atoms with Gasteiger partial charge in [0.15, 0.2) is 0 Å². The van der Waals surface area contributed by atoms with Crippen LogP contribution in [-0.2, 0) is 4.79 Å². The van der Waals surface area contributed by atoms with Crippen LogP contribution in [0, 0.1) is 6.92 Å². The van der Waals surface area contributed by atoms with Crippen LogP contribution in [0.5, 0.6) is 0 Å². The predicted molar refractivity (Wildman–Crippen MR) is 130 cm³/mol. The minimum Gasteiger partial charge on any atom is -0.478 e. The van der Waals surface area contributed by atoms with E-state index in [1.54, 1.807) is 42.5 Å². The molecule has 10 heteroatoms. The summed E-state index contributed by atoms with van der Waals surface area (Å²) in [7, 11) is 0. The number of carbonyl (C=O) groups is 4. The van der Waals surface area contributed by atoms with E-state index in [0.29, 0.717) is 21.3 Å². The average Bonchev–Trinajstić information content (AvgIpc) is 2.80. The van der Waals surface area contributed by atoms with Gasteiger partial charge in [-0.2, -0.15) is 0 Å². The van der Waals surface area contributed by atoms with Crippen LogP contribution in [0.4, 0.5) is 11.4 Å². The largest absolute Gasteiger partial charge is 0.478 e. The van der Waals surface area contributed by atoms with E-state index in [1.165, 1.54) is 11.8 Å². The molecular weight excluding hydrogens is 480 g/mol. The third-order valence-electron chi connectivity index (χ3n) is 4.75. The standard InChI is InChI=1S/C24H19ClN2O6S/c1-13-19(25)6-3-7-20(13)27-21(28)12-34-16-5-2-4-15(11-16)26-22(29)17-9-8-14(23(30)31)10-18(17)24(32)33/h2-11H,12H2,1H3,(H,26,29)(H,27,28)(H,30,31)(H,32,33). The number of thioether (sulfide) groups is 1. The number of hydrogen-bond donors (Lipinski definition) is 4. The van der Waals surface area contributed by atoms with Gasteiger partial charge < -0.3 is 20.8 Å². The van der Waals surface area contributed by atoms with Gasteiger partial charge in [0.1, 0.15) is 0 Å². The molecule has 3 aromatic rings. The third-order valence-corrected chi connectivity index (χ3v) is 6.15. The van der Waals surface area contributed by atoms with Gasteiger partial charge in [-0.1, -0.05) is 23.7 Å². The molecule has 0 spiro atoms. The fourth-order valence-corrected chi connectivity index (χ4v) is 3.92. The fourth-order valence-electron chi connectivity index (χ4n) is 2.99. The summed E-state index contributed by atoms with van der Waals surface area (Å²) in [6, 6.07) is 15.2. The number of benzene rings is 3. The summed E-state index contributed by atoms with van der Waals surface area (Å²) in [5, 5.41) is 24.4. The Bertz CT molecular complexity index is 1290. The zero-order valence-corrected chi connectivity index (χ0v) is 19.4. The highest BCUT2D eigenvalue weighted by atomic mass is 35.5. The molecule has 0 fully saturated rings. The summed E-state index contributed by atoms with van der Waals surface area (Å²) in [6.45, 7) is 1.81. The minimum atomic E-state index is -1.42. The molecule has 0 radical (unpaired) electrons. The molecule has 3 aromatic carbocycles. The van der Waals surface area contributed by atoms with Gasteiger partial charge in [0.05, 0.1) is 22.4 Å². The fraction of sp³-hybridized carbons (Fsp3) is 0.0833. The summed E-state index contributed by atoms with van der Waals surface area (Å²) in [6.07, 6.45) is 0. The molecule has 3 rings (SSSR count). The lowest BCUT2D eigenvalue weighted by atomic mass is 10.0. The summed E-state index contributed by atoms with van der Waals surface area (Å²) in [5.74, 6) is -3.53. The first-order valence-corrected chi connectivity index (χ1v) is 11.2. The second-order valence-electron chi connectivity index (χ2n) is 7.10. The number of hydrogen-bond acceptors (Lipinski definition) is 5. The number of nitrogens with one attached hydrogen (secondary N) is 2. The van der Waals surface area contributed by atoms with Crippen LogP contribution >= 0.6 is 23.4 Å². The summed E-state index contributed by atoms with van der Waals surface area (Å²) in [4.78, 5) is 48.3. The number of rotatable bonds is 8. The molecule has 0 saturated carbocycles. The zero-order valence-electron chi connectivity index (χ0n) is 17.8. The summed E-state index contributed by atoms with van der Waals surface area (Å²) >= 11 is 7.32. The number of amides is 2. The van der Waals surface area contributed by atoms with Crippen molar-refractivity contribution in [1.82, 2.24) is 0 Å². The van der Waals surface area contributed by atoms with Crippen LogP contribution in [0.15, 0.2) is 65.6 Å². The van der Waals surface area contributed by atoms with Gasteiger partial charge in [-0.15, -0.1) is 11.8 Å². The van der Waals surface area contributed by atoms with E-state index < -0.39 is 23.4 Å². The quantitative estimate of drug-likeness (QED) is 0.320. The molecule has 0 saturated heterocycles. The monoisotopic (exact) mass is 498 g/mol. The van der Waals surface area contributed by atoms with Gasteiger partial charge in [0, 0.05) is 21.3 Å². The number of carboxylic acid groups (broad SMARTS) is 2. The second kappa shape index (κ2) is 10.9. The molecule has 174 valence electrons. The van der Waals surface area contributed by atoms with E-state index in [2.05, 4.69) is 10.6 Å². The van der Waals surface area contributed by atoms with Gasteiger partial charge in [-0.05, 0) is 61.0 Å². The summed E-state index contributed by atoms with van der Waals surface area (Å²) < 4.78 is 0. The van der Waals surface area contributed by atoms with Crippen LogP contribution in [0.2, 0.25) is 5.02 Å². The Labute approximate surface area is 203 Å². The van der Waals surface area contributed by atoms with Crippen LogP contribution in [-0.4, -0.2) is 39.7 Å². The Morgan fingerprint density at radius 1 is 0.882 bits per heavy atom. The van der Waals surface area contributed by atoms with Gasteiger partial charge in [-0.25, -0.2) is 9.59 Å². The predicted octanol–water partition coefficient (Wildman–Crippen LogP) is 5.03. The van der Waals surface area contributed by atoms with Crippen molar-refractivity contribution in [1.29, 1.82) is 0 Å². The lowest BCUT2D eigenvalue weighted by molar-refractivity contribution is -0.113. The van der Waals surface area contributed by atoms with Crippen molar-refractivity contribution in [2.24, 2.45) is 0 Å². The van der Waals surface area contributed by atoms with E-state index in [0.717, 1.165) is 23.8 Å². The number of halogens is 1. The molecule has 0 aliphatic heterocycles. The van der Waals surface area contributed by atoms with Crippen molar-refractivity contribution in [3.8, 4) is 0 Å².